The van der Waals surface area contributed by atoms with E-state index in [1.807, 2.05) is 55.5 Å². The average Bonchev–Trinajstić information content (AvgIpc) is 3.31. The van der Waals surface area contributed by atoms with Crippen molar-refractivity contribution in [2.45, 2.75) is 57.7 Å². The molecule has 7 heteroatoms. The van der Waals surface area contributed by atoms with E-state index in [-0.39, 0.29) is 24.5 Å². The van der Waals surface area contributed by atoms with E-state index in [1.54, 1.807) is 12.0 Å². The molecule has 0 aliphatic heterocycles. The molecule has 2 aromatic rings. The van der Waals surface area contributed by atoms with Crippen molar-refractivity contribution in [2.75, 3.05) is 13.7 Å². The second-order valence-electron chi connectivity index (χ2n) is 8.03. The fraction of sp³-hybridized carbons (Fsp3) is 0.440. The van der Waals surface area contributed by atoms with E-state index in [0.29, 0.717) is 18.7 Å². The third-order valence-corrected chi connectivity index (χ3v) is 6.49. The summed E-state index contributed by atoms with van der Waals surface area (Å²) in [5.41, 5.74) is 0.931. The molecule has 2 aromatic carbocycles. The fourth-order valence-electron chi connectivity index (χ4n) is 3.97. The van der Waals surface area contributed by atoms with Gasteiger partial charge < -0.3 is 19.7 Å². The molecule has 6 nitrogen and oxygen atoms in total. The molecule has 0 radical (unpaired) electrons. The van der Waals surface area contributed by atoms with Crippen molar-refractivity contribution in [3.8, 4) is 11.5 Å². The Balaban J connectivity index is 1.74. The van der Waals surface area contributed by atoms with Crippen LogP contribution in [0.2, 0.25) is 0 Å². The summed E-state index contributed by atoms with van der Waals surface area (Å²) in [6.45, 7) is 2.15. The third-order valence-electron chi connectivity index (χ3n) is 5.78. The number of amides is 2. The number of hydrogen-bond donors (Lipinski definition) is 1. The molecule has 0 aromatic heterocycles. The maximum Gasteiger partial charge on any atom is 0.261 e. The standard InChI is InChI=1S/C25H31IN2O4/c1-3-23(25(30)27-20-6-4-5-7-20)28(16-18-8-12-21(31-2)13-9-18)24(29)17-32-22-14-10-19(26)11-15-22/h8-15,20,23H,3-7,16-17H2,1-2H3,(H,27,30)/t23-/m0/s1. The molecule has 172 valence electrons. The average molecular weight is 550 g/mol. The topological polar surface area (TPSA) is 67.9 Å². The Labute approximate surface area is 203 Å². The van der Waals surface area contributed by atoms with E-state index >= 15 is 0 Å². The zero-order valence-electron chi connectivity index (χ0n) is 18.7. The van der Waals surface area contributed by atoms with Gasteiger partial charge in [0.15, 0.2) is 6.61 Å². The van der Waals surface area contributed by atoms with Crippen LogP contribution in [0.3, 0.4) is 0 Å². The summed E-state index contributed by atoms with van der Waals surface area (Å²) in [7, 11) is 1.62. The highest BCUT2D eigenvalue weighted by Gasteiger charge is 2.30. The molecule has 0 bridgehead atoms. The van der Waals surface area contributed by atoms with Crippen LogP contribution in [0.4, 0.5) is 0 Å². The van der Waals surface area contributed by atoms with Crippen LogP contribution < -0.4 is 14.8 Å². The minimum Gasteiger partial charge on any atom is -0.497 e. The summed E-state index contributed by atoms with van der Waals surface area (Å²) in [6.07, 6.45) is 4.82. The molecular formula is C25H31IN2O4. The van der Waals surface area contributed by atoms with Crippen LogP contribution in [0.15, 0.2) is 48.5 Å². The van der Waals surface area contributed by atoms with E-state index in [1.165, 1.54) is 0 Å². The minimum absolute atomic E-state index is 0.0875. The largest absolute Gasteiger partial charge is 0.497 e. The number of methoxy groups -OCH3 is 1. The monoisotopic (exact) mass is 550 g/mol. The first-order valence-corrected chi connectivity index (χ1v) is 12.2. The molecule has 1 saturated carbocycles. The predicted molar refractivity (Wildman–Crippen MR) is 133 cm³/mol. The highest BCUT2D eigenvalue weighted by Crippen LogP contribution is 2.20. The van der Waals surface area contributed by atoms with E-state index < -0.39 is 6.04 Å². The number of benzene rings is 2. The van der Waals surface area contributed by atoms with Crippen molar-refractivity contribution < 1.29 is 19.1 Å². The Morgan fingerprint density at radius 3 is 2.28 bits per heavy atom. The fourth-order valence-corrected chi connectivity index (χ4v) is 4.33. The second-order valence-corrected chi connectivity index (χ2v) is 9.27. The zero-order chi connectivity index (χ0) is 22.9. The van der Waals surface area contributed by atoms with E-state index in [9.17, 15) is 9.59 Å². The highest BCUT2D eigenvalue weighted by atomic mass is 127. The van der Waals surface area contributed by atoms with Gasteiger partial charge in [-0.2, -0.15) is 0 Å². The molecule has 0 saturated heterocycles. The number of rotatable bonds is 10. The van der Waals surface area contributed by atoms with Crippen molar-refractivity contribution in [2.24, 2.45) is 0 Å². The van der Waals surface area contributed by atoms with Crippen molar-refractivity contribution in [1.82, 2.24) is 10.2 Å². The van der Waals surface area contributed by atoms with Gasteiger partial charge in [0.1, 0.15) is 17.5 Å². The van der Waals surface area contributed by atoms with Crippen LogP contribution >= 0.6 is 22.6 Å². The van der Waals surface area contributed by atoms with E-state index in [0.717, 1.165) is 40.6 Å². The Morgan fingerprint density at radius 1 is 1.06 bits per heavy atom. The quantitative estimate of drug-likeness (QED) is 0.441. The zero-order valence-corrected chi connectivity index (χ0v) is 20.8. The number of halogens is 1. The van der Waals surface area contributed by atoms with Crippen molar-refractivity contribution in [1.29, 1.82) is 0 Å². The Hall–Kier alpha value is -2.29. The number of hydrogen-bond acceptors (Lipinski definition) is 4. The molecule has 3 rings (SSSR count). The maximum absolute atomic E-state index is 13.2. The van der Waals surface area contributed by atoms with E-state index in [2.05, 4.69) is 27.9 Å². The highest BCUT2D eigenvalue weighted by molar-refractivity contribution is 14.1. The number of nitrogens with zero attached hydrogens (tertiary/aromatic N) is 1. The molecule has 32 heavy (non-hydrogen) atoms. The van der Waals surface area contributed by atoms with Gasteiger partial charge in [-0.05, 0) is 83.8 Å². The number of carbonyl (C=O) groups is 2. The first-order chi connectivity index (χ1) is 15.5. The summed E-state index contributed by atoms with van der Waals surface area (Å²) in [4.78, 5) is 28.0. The van der Waals surface area contributed by atoms with Crippen LogP contribution in [0.5, 0.6) is 11.5 Å². The van der Waals surface area contributed by atoms with Gasteiger partial charge >= 0.3 is 0 Å². The lowest BCUT2D eigenvalue weighted by atomic mass is 10.1. The van der Waals surface area contributed by atoms with Crippen molar-refractivity contribution in [3.05, 3.63) is 57.7 Å². The van der Waals surface area contributed by atoms with Gasteiger partial charge in [0.25, 0.3) is 5.91 Å². The van der Waals surface area contributed by atoms with Gasteiger partial charge in [0.05, 0.1) is 7.11 Å². The number of nitrogens with one attached hydrogen (secondary N) is 1. The summed E-state index contributed by atoms with van der Waals surface area (Å²) >= 11 is 2.22. The molecule has 1 atom stereocenters. The Kier molecular flexibility index (Phi) is 9.20. The van der Waals surface area contributed by atoms with Crippen molar-refractivity contribution >= 4 is 34.4 Å². The van der Waals surface area contributed by atoms with Gasteiger partial charge in [0.2, 0.25) is 5.91 Å². The molecule has 1 aliphatic carbocycles. The molecule has 1 N–H and O–H groups in total. The van der Waals surface area contributed by atoms with Gasteiger partial charge in [-0.15, -0.1) is 0 Å². The second kappa shape index (κ2) is 12.1. The van der Waals surface area contributed by atoms with Crippen LogP contribution in [-0.2, 0) is 16.1 Å². The van der Waals surface area contributed by atoms with Gasteiger partial charge in [-0.25, -0.2) is 0 Å². The molecule has 0 unspecified atom stereocenters. The molecule has 0 spiro atoms. The lowest BCUT2D eigenvalue weighted by Crippen LogP contribution is -2.52. The smallest absolute Gasteiger partial charge is 0.261 e. The van der Waals surface area contributed by atoms with Crippen LogP contribution in [0, 0.1) is 3.57 Å². The molecule has 1 fully saturated rings. The van der Waals surface area contributed by atoms with Gasteiger partial charge in [-0.3, -0.25) is 9.59 Å². The summed E-state index contributed by atoms with van der Waals surface area (Å²) < 4.78 is 12.1. The Morgan fingerprint density at radius 2 is 1.69 bits per heavy atom. The molecule has 2 amide bonds. The first-order valence-electron chi connectivity index (χ1n) is 11.1. The third kappa shape index (κ3) is 6.85. The van der Waals surface area contributed by atoms with Crippen LogP contribution in [0.1, 0.15) is 44.6 Å². The lowest BCUT2D eigenvalue weighted by Gasteiger charge is -2.31. The maximum atomic E-state index is 13.2. The minimum atomic E-state index is -0.550. The van der Waals surface area contributed by atoms with Crippen LogP contribution in [-0.4, -0.2) is 42.5 Å². The summed E-state index contributed by atoms with van der Waals surface area (Å²) in [6, 6.07) is 14.8. The summed E-state index contributed by atoms with van der Waals surface area (Å²) in [5.74, 6) is 1.08. The molecular weight excluding hydrogens is 519 g/mol. The Bertz CT molecular complexity index is 880. The molecule has 0 heterocycles. The molecule has 1 aliphatic rings. The van der Waals surface area contributed by atoms with Crippen LogP contribution in [0.25, 0.3) is 0 Å². The van der Waals surface area contributed by atoms with Gasteiger partial charge in [0, 0.05) is 16.2 Å². The normalized spacial score (nSPS) is 14.6. The number of carbonyl (C=O) groups excluding carboxylic acids is 2. The SMILES string of the molecule is CC[C@@H](C(=O)NC1CCCC1)N(Cc1ccc(OC)cc1)C(=O)COc1ccc(I)cc1. The number of ether oxygens (including phenoxy) is 2. The van der Waals surface area contributed by atoms with Crippen molar-refractivity contribution in [3.63, 3.8) is 0 Å². The van der Waals surface area contributed by atoms with E-state index in [4.69, 9.17) is 9.47 Å². The summed E-state index contributed by atoms with van der Waals surface area (Å²) in [5, 5.41) is 3.15. The lowest BCUT2D eigenvalue weighted by molar-refractivity contribution is -0.143. The first kappa shape index (κ1) is 24.4. The van der Waals surface area contributed by atoms with Gasteiger partial charge in [-0.1, -0.05) is 31.9 Å². The predicted octanol–water partition coefficient (Wildman–Crippen LogP) is 4.54.